The minimum atomic E-state index is -0.505. The van der Waals surface area contributed by atoms with Crippen LogP contribution in [0.2, 0.25) is 0 Å². The lowest BCUT2D eigenvalue weighted by atomic mass is 9.98. The van der Waals surface area contributed by atoms with E-state index in [1.807, 2.05) is 23.1 Å². The molecule has 122 valence electrons. The van der Waals surface area contributed by atoms with Crippen LogP contribution in [0.1, 0.15) is 42.4 Å². The van der Waals surface area contributed by atoms with Crippen LogP contribution in [-0.4, -0.2) is 22.2 Å². The summed E-state index contributed by atoms with van der Waals surface area (Å²) in [5.41, 5.74) is 2.89. The fraction of sp³-hybridized carbons (Fsp3) is 0.333. The highest BCUT2D eigenvalue weighted by Gasteiger charge is 2.49. The summed E-state index contributed by atoms with van der Waals surface area (Å²) in [7, 11) is 0. The first-order valence-corrected chi connectivity index (χ1v) is 8.71. The summed E-state index contributed by atoms with van der Waals surface area (Å²) in [6.07, 6.45) is 3.95. The molecule has 0 bridgehead atoms. The second-order valence-electron chi connectivity index (χ2n) is 6.92. The molecule has 0 N–H and O–H groups in total. The fourth-order valence-electron chi connectivity index (χ4n) is 3.78. The smallest absolute Gasteiger partial charge is 0.256 e. The number of amidine groups is 1. The molecule has 1 aliphatic heterocycles. The summed E-state index contributed by atoms with van der Waals surface area (Å²) >= 11 is 0. The molecule has 4 rings (SSSR count). The monoisotopic (exact) mass is 318 g/mol. The predicted octanol–water partition coefficient (Wildman–Crippen LogP) is 4.10. The zero-order valence-electron chi connectivity index (χ0n) is 14.0. The Morgan fingerprint density at radius 3 is 2.33 bits per heavy atom. The van der Waals surface area contributed by atoms with Crippen LogP contribution >= 0.6 is 0 Å². The van der Waals surface area contributed by atoms with Crippen LogP contribution in [0.5, 0.6) is 0 Å². The van der Waals surface area contributed by atoms with Crippen LogP contribution < -0.4 is 0 Å². The van der Waals surface area contributed by atoms with Crippen LogP contribution in [-0.2, 0) is 11.3 Å². The van der Waals surface area contributed by atoms with Crippen molar-refractivity contribution in [3.63, 3.8) is 0 Å². The van der Waals surface area contributed by atoms with Crippen LogP contribution in [0.3, 0.4) is 0 Å². The van der Waals surface area contributed by atoms with Crippen molar-refractivity contribution in [3.8, 4) is 0 Å². The van der Waals surface area contributed by atoms with Gasteiger partial charge < -0.3 is 0 Å². The molecule has 0 unspecified atom stereocenters. The van der Waals surface area contributed by atoms with Gasteiger partial charge in [0.1, 0.15) is 11.4 Å². The van der Waals surface area contributed by atoms with Crippen molar-refractivity contribution < 1.29 is 4.79 Å². The number of carbonyl (C=O) groups is 1. The van der Waals surface area contributed by atoms with Crippen molar-refractivity contribution in [1.82, 2.24) is 4.90 Å². The Kier molecular flexibility index (Phi) is 3.72. The van der Waals surface area contributed by atoms with Crippen molar-refractivity contribution >= 4 is 11.7 Å². The van der Waals surface area contributed by atoms with E-state index in [0.29, 0.717) is 6.54 Å². The molecular weight excluding hydrogens is 296 g/mol. The van der Waals surface area contributed by atoms with E-state index in [1.165, 1.54) is 5.56 Å². The number of aryl methyl sites for hydroxylation is 1. The van der Waals surface area contributed by atoms with Crippen molar-refractivity contribution in [3.05, 3.63) is 71.3 Å². The van der Waals surface area contributed by atoms with E-state index >= 15 is 0 Å². The lowest BCUT2D eigenvalue weighted by Crippen LogP contribution is -2.40. The SMILES string of the molecule is Cc1ccc(C2=NC3(CCCC3)C(=O)N2Cc2ccccc2)cc1. The largest absolute Gasteiger partial charge is 0.290 e. The van der Waals surface area contributed by atoms with E-state index in [0.717, 1.165) is 42.6 Å². The van der Waals surface area contributed by atoms with Crippen molar-refractivity contribution in [1.29, 1.82) is 0 Å². The van der Waals surface area contributed by atoms with Gasteiger partial charge in [0, 0.05) is 5.56 Å². The first-order valence-electron chi connectivity index (χ1n) is 8.71. The molecule has 2 aromatic carbocycles. The Morgan fingerprint density at radius 2 is 1.67 bits per heavy atom. The van der Waals surface area contributed by atoms with Gasteiger partial charge in [-0.2, -0.15) is 0 Å². The molecule has 2 aromatic rings. The summed E-state index contributed by atoms with van der Waals surface area (Å²) in [4.78, 5) is 20.1. The average molecular weight is 318 g/mol. The van der Waals surface area contributed by atoms with Gasteiger partial charge in [-0.1, -0.05) is 73.0 Å². The standard InChI is InChI=1S/C21H22N2O/c1-16-9-11-18(12-10-16)19-22-21(13-5-6-14-21)20(24)23(19)15-17-7-3-2-4-8-17/h2-4,7-12H,5-6,13-15H2,1H3. The summed E-state index contributed by atoms with van der Waals surface area (Å²) in [6.45, 7) is 2.67. The molecule has 2 aliphatic rings. The molecule has 1 heterocycles. The van der Waals surface area contributed by atoms with Crippen LogP contribution in [0, 0.1) is 6.92 Å². The number of hydrogen-bond donors (Lipinski definition) is 0. The molecule has 0 atom stereocenters. The first-order chi connectivity index (χ1) is 11.7. The average Bonchev–Trinajstić information content (AvgIpc) is 3.18. The summed E-state index contributed by atoms with van der Waals surface area (Å²) in [6, 6.07) is 18.5. The second kappa shape index (κ2) is 5.90. The van der Waals surface area contributed by atoms with Crippen molar-refractivity contribution in [2.45, 2.75) is 44.7 Å². The molecule has 3 nitrogen and oxygen atoms in total. The van der Waals surface area contributed by atoms with Gasteiger partial charge in [-0.15, -0.1) is 0 Å². The Bertz CT molecular complexity index is 771. The van der Waals surface area contributed by atoms with Gasteiger partial charge in [0.25, 0.3) is 5.91 Å². The first kappa shape index (κ1) is 15.1. The highest BCUT2D eigenvalue weighted by molar-refractivity contribution is 6.15. The summed E-state index contributed by atoms with van der Waals surface area (Å²) < 4.78 is 0. The maximum absolute atomic E-state index is 13.2. The van der Waals surface area contributed by atoms with Gasteiger partial charge in [-0.3, -0.25) is 14.7 Å². The third-order valence-corrected chi connectivity index (χ3v) is 5.14. The Balaban J connectivity index is 1.73. The highest BCUT2D eigenvalue weighted by Crippen LogP contribution is 2.40. The number of hydrogen-bond acceptors (Lipinski definition) is 2. The third-order valence-electron chi connectivity index (χ3n) is 5.14. The number of amides is 1. The number of carbonyl (C=O) groups excluding carboxylic acids is 1. The molecule has 24 heavy (non-hydrogen) atoms. The fourth-order valence-corrected chi connectivity index (χ4v) is 3.78. The molecule has 1 aliphatic carbocycles. The van der Waals surface area contributed by atoms with Crippen LogP contribution in [0.15, 0.2) is 59.6 Å². The number of nitrogens with zero attached hydrogens (tertiary/aromatic N) is 2. The second-order valence-corrected chi connectivity index (χ2v) is 6.92. The Hall–Kier alpha value is -2.42. The summed E-state index contributed by atoms with van der Waals surface area (Å²) in [5, 5.41) is 0. The van der Waals surface area contributed by atoms with Gasteiger partial charge in [0.2, 0.25) is 0 Å². The molecular formula is C21H22N2O. The number of aliphatic imine (C=N–C) groups is 1. The molecule has 0 aromatic heterocycles. The Labute approximate surface area is 143 Å². The molecule has 1 spiro atoms. The molecule has 1 saturated carbocycles. The summed E-state index contributed by atoms with van der Waals surface area (Å²) in [5.74, 6) is 1.02. The molecule has 1 amide bonds. The maximum Gasteiger partial charge on any atom is 0.256 e. The van der Waals surface area contributed by atoms with Gasteiger partial charge in [-0.25, -0.2) is 0 Å². The maximum atomic E-state index is 13.2. The van der Waals surface area contributed by atoms with E-state index in [9.17, 15) is 4.79 Å². The van der Waals surface area contributed by atoms with E-state index in [4.69, 9.17) is 4.99 Å². The van der Waals surface area contributed by atoms with Crippen molar-refractivity contribution in [2.75, 3.05) is 0 Å². The predicted molar refractivity (Wildman–Crippen MR) is 95.9 cm³/mol. The van der Waals surface area contributed by atoms with Crippen LogP contribution in [0.25, 0.3) is 0 Å². The molecule has 3 heteroatoms. The van der Waals surface area contributed by atoms with Crippen molar-refractivity contribution in [2.24, 2.45) is 4.99 Å². The zero-order valence-corrected chi connectivity index (χ0v) is 14.0. The minimum absolute atomic E-state index is 0.180. The van der Waals surface area contributed by atoms with Gasteiger partial charge in [0.15, 0.2) is 0 Å². The van der Waals surface area contributed by atoms with E-state index in [-0.39, 0.29) is 5.91 Å². The number of benzene rings is 2. The van der Waals surface area contributed by atoms with Crippen LogP contribution in [0.4, 0.5) is 0 Å². The minimum Gasteiger partial charge on any atom is -0.290 e. The highest BCUT2D eigenvalue weighted by atomic mass is 16.2. The molecule has 1 fully saturated rings. The van der Waals surface area contributed by atoms with E-state index < -0.39 is 5.54 Å². The quantitative estimate of drug-likeness (QED) is 0.838. The van der Waals surface area contributed by atoms with E-state index in [1.54, 1.807) is 0 Å². The number of rotatable bonds is 3. The van der Waals surface area contributed by atoms with E-state index in [2.05, 4.69) is 43.3 Å². The molecule has 0 radical (unpaired) electrons. The van der Waals surface area contributed by atoms with Gasteiger partial charge in [-0.05, 0) is 25.3 Å². The normalized spacial score (nSPS) is 19.1. The zero-order chi connectivity index (χ0) is 16.6. The molecule has 0 saturated heterocycles. The topological polar surface area (TPSA) is 32.7 Å². The lowest BCUT2D eigenvalue weighted by molar-refractivity contribution is -0.131. The third kappa shape index (κ3) is 2.54. The van der Waals surface area contributed by atoms with Gasteiger partial charge >= 0.3 is 0 Å². The lowest BCUT2D eigenvalue weighted by Gasteiger charge is -2.22. The van der Waals surface area contributed by atoms with Gasteiger partial charge in [0.05, 0.1) is 6.54 Å². The Morgan fingerprint density at radius 1 is 1.00 bits per heavy atom.